The van der Waals surface area contributed by atoms with Gasteiger partial charge in [-0.1, -0.05) is 31.9 Å². The first kappa shape index (κ1) is 29.4. The van der Waals surface area contributed by atoms with Crippen molar-refractivity contribution < 1.29 is 19.4 Å². The fourth-order valence-electron chi connectivity index (χ4n) is 5.89. The number of benzene rings is 1. The molecule has 3 rings (SSSR count). The summed E-state index contributed by atoms with van der Waals surface area (Å²) < 4.78 is 5.25. The molecular weight excluding hydrogens is 478 g/mol. The van der Waals surface area contributed by atoms with Gasteiger partial charge >= 0.3 is 0 Å². The summed E-state index contributed by atoms with van der Waals surface area (Å²) in [7, 11) is 3.48. The molecule has 7 heteroatoms. The van der Waals surface area contributed by atoms with Gasteiger partial charge in [0.15, 0.2) is 17.3 Å². The van der Waals surface area contributed by atoms with Gasteiger partial charge in [-0.2, -0.15) is 0 Å². The van der Waals surface area contributed by atoms with Crippen LogP contribution < -0.4 is 15.8 Å². The number of ketones is 2. The fourth-order valence-corrected chi connectivity index (χ4v) is 5.89. The van der Waals surface area contributed by atoms with Crippen molar-refractivity contribution in [3.8, 4) is 11.5 Å². The normalized spacial score (nSPS) is 15.6. The number of ether oxygens (including phenoxy) is 1. The summed E-state index contributed by atoms with van der Waals surface area (Å²) in [5.41, 5.74) is 8.50. The van der Waals surface area contributed by atoms with E-state index in [1.54, 1.807) is 30.5 Å². The monoisotopic (exact) mass is 521 g/mol. The Morgan fingerprint density at radius 2 is 2.03 bits per heavy atom. The van der Waals surface area contributed by atoms with Gasteiger partial charge < -0.3 is 20.9 Å². The number of rotatable bonds is 15. The van der Waals surface area contributed by atoms with Gasteiger partial charge in [-0.05, 0) is 104 Å². The number of nitrogens with one attached hydrogen (secondary N) is 1. The van der Waals surface area contributed by atoms with Crippen LogP contribution >= 0.6 is 0 Å². The predicted octanol–water partition coefficient (Wildman–Crippen LogP) is 5.49. The predicted molar refractivity (Wildman–Crippen MR) is 152 cm³/mol. The van der Waals surface area contributed by atoms with E-state index in [0.29, 0.717) is 35.7 Å². The van der Waals surface area contributed by atoms with E-state index in [4.69, 9.17) is 10.5 Å². The van der Waals surface area contributed by atoms with Crippen LogP contribution in [-0.4, -0.2) is 42.4 Å². The van der Waals surface area contributed by atoms with Crippen molar-refractivity contribution in [2.24, 2.45) is 11.3 Å². The van der Waals surface area contributed by atoms with E-state index in [0.717, 1.165) is 36.1 Å². The van der Waals surface area contributed by atoms with Crippen LogP contribution in [0.25, 0.3) is 6.08 Å². The maximum absolute atomic E-state index is 12.6. The topological polar surface area (TPSA) is 115 Å². The van der Waals surface area contributed by atoms with Gasteiger partial charge in [-0.3, -0.25) is 9.59 Å². The zero-order valence-electron chi connectivity index (χ0n) is 23.1. The standard InChI is InChI=1S/C31H43N3O4/c1-22(20-33-2)19-31(12-4-5-13-31)14-6-7-26(35)18-27(36)10-9-24-17-29(38-3)28(37)16-25(24)15-23-8-11-30(32)34-21-23/h8-11,16-17,21-22,33,37H,4-7,12-15,18-20H2,1-3H3,(H2,32,34). The molecule has 1 aliphatic rings. The number of aromatic hydroxyl groups is 1. The summed E-state index contributed by atoms with van der Waals surface area (Å²) in [5, 5.41) is 13.6. The Morgan fingerprint density at radius 1 is 1.26 bits per heavy atom. The SMILES string of the molecule is CNCC(C)CC1(CCCC(=O)CC(=O)C=Cc2cc(OC)c(O)cc2Cc2ccc(N)nc2)CCCC1. The molecule has 7 nitrogen and oxygen atoms in total. The lowest BCUT2D eigenvalue weighted by Crippen LogP contribution is -2.25. The second kappa shape index (κ2) is 14.1. The maximum atomic E-state index is 12.6. The Kier molecular flexibility index (Phi) is 10.9. The van der Waals surface area contributed by atoms with E-state index >= 15 is 0 Å². The highest BCUT2D eigenvalue weighted by Crippen LogP contribution is 2.47. The van der Waals surface area contributed by atoms with Crippen molar-refractivity contribution in [2.45, 2.75) is 71.1 Å². The Labute approximate surface area is 226 Å². The van der Waals surface area contributed by atoms with E-state index in [-0.39, 0.29) is 23.7 Å². The third kappa shape index (κ3) is 8.69. The van der Waals surface area contributed by atoms with Crippen LogP contribution in [0.3, 0.4) is 0 Å². The first-order chi connectivity index (χ1) is 18.2. The number of nitrogens with two attached hydrogens (primary N) is 1. The number of methoxy groups -OCH3 is 1. The molecule has 0 saturated heterocycles. The Morgan fingerprint density at radius 3 is 2.68 bits per heavy atom. The van der Waals surface area contributed by atoms with Crippen molar-refractivity contribution in [1.82, 2.24) is 10.3 Å². The number of nitrogens with zero attached hydrogens (tertiary/aromatic N) is 1. The smallest absolute Gasteiger partial charge is 0.163 e. The third-order valence-corrected chi connectivity index (χ3v) is 7.66. The largest absolute Gasteiger partial charge is 0.504 e. The van der Waals surface area contributed by atoms with Gasteiger partial charge in [0.1, 0.15) is 11.6 Å². The molecule has 2 aromatic rings. The lowest BCUT2D eigenvalue weighted by molar-refractivity contribution is -0.124. The number of phenols is 1. The van der Waals surface area contributed by atoms with Crippen LogP contribution in [0, 0.1) is 11.3 Å². The Balaban J connectivity index is 1.58. The van der Waals surface area contributed by atoms with Gasteiger partial charge in [-0.15, -0.1) is 0 Å². The highest BCUT2D eigenvalue weighted by atomic mass is 16.5. The molecule has 1 atom stereocenters. The van der Waals surface area contributed by atoms with Crippen molar-refractivity contribution in [3.05, 3.63) is 53.2 Å². The quantitative estimate of drug-likeness (QED) is 0.210. The van der Waals surface area contributed by atoms with Crippen molar-refractivity contribution in [2.75, 3.05) is 26.4 Å². The van der Waals surface area contributed by atoms with E-state index in [2.05, 4.69) is 17.2 Å². The number of nitrogen functional groups attached to an aromatic ring is 1. The number of phenolic OH excluding ortho intramolecular Hbond substituents is 1. The molecule has 1 heterocycles. The molecule has 4 N–H and O–H groups in total. The average molecular weight is 522 g/mol. The summed E-state index contributed by atoms with van der Waals surface area (Å²) in [6, 6.07) is 6.91. The molecule has 0 amide bonds. The highest BCUT2D eigenvalue weighted by molar-refractivity contribution is 6.06. The number of hydrogen-bond acceptors (Lipinski definition) is 7. The lowest BCUT2D eigenvalue weighted by atomic mass is 9.74. The van der Waals surface area contributed by atoms with Gasteiger partial charge in [0.25, 0.3) is 0 Å². The van der Waals surface area contributed by atoms with Crippen LogP contribution in [0.1, 0.15) is 81.4 Å². The fraction of sp³-hybridized carbons (Fsp3) is 0.516. The minimum atomic E-state index is -0.222. The number of carbonyl (C=O) groups excluding carboxylic acids is 2. The zero-order chi connectivity index (χ0) is 27.5. The second-order valence-corrected chi connectivity index (χ2v) is 10.9. The number of allylic oxidation sites excluding steroid dienone is 1. The number of carbonyl (C=O) groups is 2. The molecule has 1 aromatic heterocycles. The van der Waals surface area contributed by atoms with Gasteiger partial charge in [0.2, 0.25) is 0 Å². The molecule has 1 unspecified atom stereocenters. The second-order valence-electron chi connectivity index (χ2n) is 10.9. The van der Waals surface area contributed by atoms with Crippen molar-refractivity contribution >= 4 is 23.5 Å². The van der Waals surface area contributed by atoms with Crippen LogP contribution in [0.5, 0.6) is 11.5 Å². The van der Waals surface area contributed by atoms with Crippen LogP contribution in [0.15, 0.2) is 36.5 Å². The number of hydrogen-bond donors (Lipinski definition) is 3. The van der Waals surface area contributed by atoms with Gasteiger partial charge in [0.05, 0.1) is 13.5 Å². The van der Waals surface area contributed by atoms with Crippen molar-refractivity contribution in [3.63, 3.8) is 0 Å². The number of Topliss-reactive ketones (excluding diaryl/α,β-unsaturated/α-hetero) is 1. The third-order valence-electron chi connectivity index (χ3n) is 7.66. The number of pyridine rings is 1. The minimum absolute atomic E-state index is 0.00692. The highest BCUT2D eigenvalue weighted by Gasteiger charge is 2.34. The molecule has 1 saturated carbocycles. The molecule has 0 aliphatic heterocycles. The first-order valence-electron chi connectivity index (χ1n) is 13.7. The molecule has 38 heavy (non-hydrogen) atoms. The molecule has 1 aromatic carbocycles. The summed E-state index contributed by atoms with van der Waals surface area (Å²) in [6.07, 6.45) is 13.8. The van der Waals surface area contributed by atoms with E-state index in [1.165, 1.54) is 45.3 Å². The van der Waals surface area contributed by atoms with Crippen LogP contribution in [-0.2, 0) is 16.0 Å². The maximum Gasteiger partial charge on any atom is 0.163 e. The van der Waals surface area contributed by atoms with E-state index in [1.807, 2.05) is 13.1 Å². The molecule has 0 radical (unpaired) electrons. The van der Waals surface area contributed by atoms with Gasteiger partial charge in [-0.25, -0.2) is 4.98 Å². The van der Waals surface area contributed by atoms with E-state index in [9.17, 15) is 14.7 Å². The number of aromatic nitrogens is 1. The molecule has 0 bridgehead atoms. The summed E-state index contributed by atoms with van der Waals surface area (Å²) in [5.74, 6) is 1.17. The summed E-state index contributed by atoms with van der Waals surface area (Å²) >= 11 is 0. The number of anilines is 1. The zero-order valence-corrected chi connectivity index (χ0v) is 23.1. The first-order valence-corrected chi connectivity index (χ1v) is 13.7. The minimum Gasteiger partial charge on any atom is -0.504 e. The Bertz CT molecular complexity index is 1100. The van der Waals surface area contributed by atoms with E-state index < -0.39 is 0 Å². The van der Waals surface area contributed by atoms with Crippen molar-refractivity contribution in [1.29, 1.82) is 0 Å². The molecule has 1 aliphatic carbocycles. The molecule has 1 fully saturated rings. The molecule has 206 valence electrons. The summed E-state index contributed by atoms with van der Waals surface area (Å²) in [4.78, 5) is 29.4. The van der Waals surface area contributed by atoms with Crippen LogP contribution in [0.2, 0.25) is 0 Å². The summed E-state index contributed by atoms with van der Waals surface area (Å²) in [6.45, 7) is 3.32. The van der Waals surface area contributed by atoms with Crippen LogP contribution in [0.4, 0.5) is 5.82 Å². The lowest BCUT2D eigenvalue weighted by Gasteiger charge is -2.32. The average Bonchev–Trinajstić information content (AvgIpc) is 3.33. The Hall–Kier alpha value is -3.19. The molecular formula is C31H43N3O4. The molecule has 0 spiro atoms. The van der Waals surface area contributed by atoms with Gasteiger partial charge in [0, 0.05) is 12.6 Å².